The second-order valence-electron chi connectivity index (χ2n) is 6.75. The van der Waals surface area contributed by atoms with E-state index in [-0.39, 0.29) is 5.97 Å². The smallest absolute Gasteiger partial charge is 0.319 e. The van der Waals surface area contributed by atoms with Crippen LogP contribution in [-0.2, 0) is 9.53 Å². The van der Waals surface area contributed by atoms with Gasteiger partial charge in [-0.25, -0.2) is 0 Å². The number of hydrogen-bond acceptors (Lipinski definition) is 4. The van der Waals surface area contributed by atoms with Crippen LogP contribution in [0.25, 0.3) is 0 Å². The van der Waals surface area contributed by atoms with Gasteiger partial charge < -0.3 is 10.1 Å². The van der Waals surface area contributed by atoms with Crippen LogP contribution in [0.2, 0.25) is 0 Å². The Bertz CT molecular complexity index is 273. The molecule has 106 valence electrons. The van der Waals surface area contributed by atoms with E-state index in [1.54, 1.807) is 0 Å². The summed E-state index contributed by atoms with van der Waals surface area (Å²) >= 11 is 0. The lowest BCUT2D eigenvalue weighted by Gasteiger charge is -2.37. The summed E-state index contributed by atoms with van der Waals surface area (Å²) in [7, 11) is 1.45. The summed E-state index contributed by atoms with van der Waals surface area (Å²) < 4.78 is 4.74. The first kappa shape index (κ1) is 15.4. The van der Waals surface area contributed by atoms with Crippen molar-refractivity contribution in [3.05, 3.63) is 0 Å². The zero-order valence-electron chi connectivity index (χ0n) is 12.5. The van der Waals surface area contributed by atoms with Gasteiger partial charge >= 0.3 is 5.97 Å². The maximum Gasteiger partial charge on any atom is 0.319 e. The number of carbonyl (C=O) groups excluding carboxylic acids is 1. The van der Waals surface area contributed by atoms with Gasteiger partial charge in [0, 0.05) is 25.7 Å². The van der Waals surface area contributed by atoms with E-state index in [9.17, 15) is 4.79 Å². The lowest BCUT2D eigenvalue weighted by Crippen LogP contribution is -2.51. The van der Waals surface area contributed by atoms with E-state index >= 15 is 0 Å². The van der Waals surface area contributed by atoms with Crippen LogP contribution >= 0.6 is 0 Å². The Kier molecular flexibility index (Phi) is 5.60. The molecule has 1 aliphatic rings. The lowest BCUT2D eigenvalue weighted by atomic mass is 9.93. The average Bonchev–Trinajstić information content (AvgIpc) is 2.24. The Morgan fingerprint density at radius 3 is 2.61 bits per heavy atom. The molecular formula is C14H28N2O2. The van der Waals surface area contributed by atoms with Gasteiger partial charge in [0.25, 0.3) is 0 Å². The van der Waals surface area contributed by atoms with Crippen LogP contribution < -0.4 is 5.32 Å². The van der Waals surface area contributed by atoms with Crippen molar-refractivity contribution in [1.82, 2.24) is 10.2 Å². The summed E-state index contributed by atoms with van der Waals surface area (Å²) in [5, 5.41) is 3.62. The summed E-state index contributed by atoms with van der Waals surface area (Å²) in [5.74, 6) is 0.486. The summed E-state index contributed by atoms with van der Waals surface area (Å²) in [6, 6.07) is 0.484. The molecule has 2 unspecified atom stereocenters. The third-order valence-corrected chi connectivity index (χ3v) is 3.24. The molecule has 0 aromatic rings. The molecule has 4 nitrogen and oxygen atoms in total. The van der Waals surface area contributed by atoms with Crippen molar-refractivity contribution < 1.29 is 9.53 Å². The molecule has 18 heavy (non-hydrogen) atoms. The van der Waals surface area contributed by atoms with Crippen molar-refractivity contribution in [3.63, 3.8) is 0 Å². The Hall–Kier alpha value is -0.610. The van der Waals surface area contributed by atoms with Crippen LogP contribution in [0.3, 0.4) is 0 Å². The average molecular weight is 256 g/mol. The van der Waals surface area contributed by atoms with Crippen molar-refractivity contribution in [3.8, 4) is 0 Å². The monoisotopic (exact) mass is 256 g/mol. The van der Waals surface area contributed by atoms with E-state index in [0.717, 1.165) is 19.6 Å². The molecule has 0 aromatic heterocycles. The largest absolute Gasteiger partial charge is 0.468 e. The number of nitrogens with one attached hydrogen (secondary N) is 1. The highest BCUT2D eigenvalue weighted by atomic mass is 16.5. The molecule has 0 aliphatic carbocycles. The number of esters is 1. The van der Waals surface area contributed by atoms with Crippen LogP contribution in [0, 0.1) is 11.3 Å². The van der Waals surface area contributed by atoms with Crippen molar-refractivity contribution in [2.45, 2.75) is 40.2 Å². The maximum atomic E-state index is 11.3. The molecule has 4 heteroatoms. The number of hydrogen-bond donors (Lipinski definition) is 1. The zero-order valence-corrected chi connectivity index (χ0v) is 12.5. The van der Waals surface area contributed by atoms with Gasteiger partial charge in [-0.15, -0.1) is 0 Å². The molecule has 0 aromatic carbocycles. The van der Waals surface area contributed by atoms with Gasteiger partial charge in [0.05, 0.1) is 13.7 Å². The minimum Gasteiger partial charge on any atom is -0.468 e. The number of piperidine rings is 1. The first-order valence-corrected chi connectivity index (χ1v) is 6.82. The molecule has 1 rings (SSSR count). The maximum absolute atomic E-state index is 11.3. The topological polar surface area (TPSA) is 41.6 Å². The lowest BCUT2D eigenvalue weighted by molar-refractivity contribution is -0.142. The number of methoxy groups -OCH3 is 1. The van der Waals surface area contributed by atoms with E-state index < -0.39 is 0 Å². The molecule has 0 saturated carbocycles. The second kappa shape index (κ2) is 6.53. The Morgan fingerprint density at radius 2 is 2.06 bits per heavy atom. The summed E-state index contributed by atoms with van der Waals surface area (Å²) in [5.41, 5.74) is 0.299. The van der Waals surface area contributed by atoms with Gasteiger partial charge in [-0.3, -0.25) is 9.69 Å². The Morgan fingerprint density at radius 1 is 1.39 bits per heavy atom. The number of carbonyl (C=O) groups is 1. The third-order valence-electron chi connectivity index (χ3n) is 3.24. The van der Waals surface area contributed by atoms with Crippen molar-refractivity contribution in [2.24, 2.45) is 11.3 Å². The first-order valence-electron chi connectivity index (χ1n) is 6.82. The van der Waals surface area contributed by atoms with Gasteiger partial charge in [0.15, 0.2) is 0 Å². The highest BCUT2D eigenvalue weighted by molar-refractivity contribution is 5.71. The number of rotatable bonds is 4. The van der Waals surface area contributed by atoms with Gasteiger partial charge in [-0.1, -0.05) is 27.7 Å². The molecule has 1 fully saturated rings. The zero-order chi connectivity index (χ0) is 13.8. The minimum absolute atomic E-state index is 0.140. The number of likely N-dealkylation sites (tertiary alicyclic amines) is 1. The fourth-order valence-electron chi connectivity index (χ4n) is 2.44. The van der Waals surface area contributed by atoms with E-state index in [1.165, 1.54) is 13.5 Å². The highest BCUT2D eigenvalue weighted by Crippen LogP contribution is 2.18. The highest BCUT2D eigenvalue weighted by Gasteiger charge is 2.26. The molecule has 0 bridgehead atoms. The molecule has 1 N–H and O–H groups in total. The fourth-order valence-corrected chi connectivity index (χ4v) is 2.44. The number of nitrogens with zero attached hydrogens (tertiary/aromatic N) is 1. The summed E-state index contributed by atoms with van der Waals surface area (Å²) in [4.78, 5) is 13.5. The van der Waals surface area contributed by atoms with E-state index in [1.807, 2.05) is 0 Å². The van der Waals surface area contributed by atoms with Gasteiger partial charge in [0.2, 0.25) is 0 Å². The standard InChI is InChI=1S/C14H28N2O2/c1-11-6-12(15-10-14(2,3)4)8-16(7-11)9-13(17)18-5/h11-12,15H,6-10H2,1-5H3. The molecule has 1 heterocycles. The van der Waals surface area contributed by atoms with Crippen molar-refractivity contribution >= 4 is 5.97 Å². The van der Waals surface area contributed by atoms with Crippen LogP contribution in [-0.4, -0.2) is 50.2 Å². The predicted molar refractivity (Wildman–Crippen MR) is 73.5 cm³/mol. The molecule has 0 amide bonds. The SMILES string of the molecule is COC(=O)CN1CC(C)CC(NCC(C)(C)C)C1. The Balaban J connectivity index is 2.43. The van der Waals surface area contributed by atoms with Gasteiger partial charge in [-0.05, 0) is 17.8 Å². The normalized spacial score (nSPS) is 26.1. The third kappa shape index (κ3) is 5.83. The molecule has 2 atom stereocenters. The molecule has 1 aliphatic heterocycles. The van der Waals surface area contributed by atoms with E-state index in [0.29, 0.717) is 23.9 Å². The van der Waals surface area contributed by atoms with Crippen LogP contribution in [0.15, 0.2) is 0 Å². The first-order chi connectivity index (χ1) is 8.30. The fraction of sp³-hybridized carbons (Fsp3) is 0.929. The molecule has 0 radical (unpaired) electrons. The van der Waals surface area contributed by atoms with E-state index in [4.69, 9.17) is 4.74 Å². The van der Waals surface area contributed by atoms with Gasteiger partial charge in [-0.2, -0.15) is 0 Å². The number of ether oxygens (including phenoxy) is 1. The molecule has 0 spiro atoms. The van der Waals surface area contributed by atoms with Crippen molar-refractivity contribution in [1.29, 1.82) is 0 Å². The van der Waals surface area contributed by atoms with Crippen LogP contribution in [0.1, 0.15) is 34.1 Å². The van der Waals surface area contributed by atoms with Gasteiger partial charge in [0.1, 0.15) is 0 Å². The quantitative estimate of drug-likeness (QED) is 0.774. The predicted octanol–water partition coefficient (Wildman–Crippen LogP) is 1.51. The van der Waals surface area contributed by atoms with Crippen LogP contribution in [0.5, 0.6) is 0 Å². The Labute approximate surface area is 111 Å². The van der Waals surface area contributed by atoms with E-state index in [2.05, 4.69) is 37.9 Å². The summed E-state index contributed by atoms with van der Waals surface area (Å²) in [6.45, 7) is 12.3. The minimum atomic E-state index is -0.140. The molecular weight excluding hydrogens is 228 g/mol. The second-order valence-corrected chi connectivity index (χ2v) is 6.75. The summed E-state index contributed by atoms with van der Waals surface area (Å²) in [6.07, 6.45) is 1.19. The van der Waals surface area contributed by atoms with Crippen LogP contribution in [0.4, 0.5) is 0 Å². The van der Waals surface area contributed by atoms with Crippen molar-refractivity contribution in [2.75, 3.05) is 33.3 Å². The molecule has 1 saturated heterocycles.